The first-order chi connectivity index (χ1) is 12.6. The van der Waals surface area contributed by atoms with E-state index in [0.717, 1.165) is 21.7 Å². The average Bonchev–Trinajstić information content (AvgIpc) is 3.18. The van der Waals surface area contributed by atoms with Gasteiger partial charge < -0.3 is 11.1 Å². The summed E-state index contributed by atoms with van der Waals surface area (Å²) >= 11 is 1.64. The summed E-state index contributed by atoms with van der Waals surface area (Å²) in [7, 11) is 0. The van der Waals surface area contributed by atoms with Gasteiger partial charge >= 0.3 is 0 Å². The molecule has 26 heavy (non-hydrogen) atoms. The van der Waals surface area contributed by atoms with Crippen LogP contribution in [0.3, 0.4) is 0 Å². The highest BCUT2D eigenvalue weighted by atomic mass is 32.1. The van der Waals surface area contributed by atoms with E-state index in [9.17, 15) is 4.79 Å². The summed E-state index contributed by atoms with van der Waals surface area (Å²) in [5.41, 5.74) is 10.2. The van der Waals surface area contributed by atoms with Gasteiger partial charge in [-0.2, -0.15) is 0 Å². The maximum Gasteiger partial charge on any atom is 0.257 e. The number of nitrogens with two attached hydrogens (primary N) is 1. The lowest BCUT2D eigenvalue weighted by Crippen LogP contribution is -2.14. The first kappa shape index (κ1) is 17.6. The molecule has 2 heterocycles. The van der Waals surface area contributed by atoms with Gasteiger partial charge in [-0.25, -0.2) is 0 Å². The van der Waals surface area contributed by atoms with Crippen LogP contribution in [0, 0.1) is 0 Å². The molecule has 0 unspecified atom stereocenters. The summed E-state index contributed by atoms with van der Waals surface area (Å²) in [5.74, 6) is -0.261. The number of benzene rings is 1. The monoisotopic (exact) mass is 361 g/mol. The number of amides is 1. The number of aromatic nitrogens is 1. The van der Waals surface area contributed by atoms with Crippen molar-refractivity contribution in [2.24, 2.45) is 0 Å². The predicted molar refractivity (Wildman–Crippen MR) is 111 cm³/mol. The van der Waals surface area contributed by atoms with Crippen LogP contribution in [0.1, 0.15) is 28.5 Å². The smallest absolute Gasteiger partial charge is 0.257 e. The Morgan fingerprint density at radius 1 is 1.31 bits per heavy atom. The van der Waals surface area contributed by atoms with Crippen LogP contribution in [-0.2, 0) is 0 Å². The summed E-state index contributed by atoms with van der Waals surface area (Å²) < 4.78 is 0. The molecule has 2 aromatic heterocycles. The topological polar surface area (TPSA) is 68.0 Å². The van der Waals surface area contributed by atoms with Gasteiger partial charge in [-0.3, -0.25) is 9.78 Å². The van der Waals surface area contributed by atoms with Gasteiger partial charge in [0.1, 0.15) is 0 Å². The van der Waals surface area contributed by atoms with Crippen LogP contribution >= 0.6 is 11.3 Å². The lowest BCUT2D eigenvalue weighted by molar-refractivity contribution is 0.102. The van der Waals surface area contributed by atoms with Gasteiger partial charge in [-0.05, 0) is 48.2 Å². The number of rotatable bonds is 5. The Balaban J connectivity index is 1.88. The number of nitrogens with one attached hydrogen (secondary N) is 1. The van der Waals surface area contributed by atoms with E-state index >= 15 is 0 Å². The van der Waals surface area contributed by atoms with E-state index in [1.165, 1.54) is 0 Å². The van der Waals surface area contributed by atoms with Crippen LogP contribution in [0.25, 0.3) is 22.6 Å². The number of carbonyl (C=O) groups excluding carboxylic acids is 1. The number of nitrogen functional groups attached to an aromatic ring is 1. The third kappa shape index (κ3) is 3.73. The molecule has 0 aliphatic heterocycles. The van der Waals surface area contributed by atoms with E-state index in [2.05, 4.69) is 16.9 Å². The molecule has 0 spiro atoms. The summed E-state index contributed by atoms with van der Waals surface area (Å²) in [6, 6.07) is 11.4. The molecule has 0 radical (unpaired) electrons. The zero-order valence-electron chi connectivity index (χ0n) is 14.4. The van der Waals surface area contributed by atoms with Crippen molar-refractivity contribution in [2.75, 3.05) is 11.1 Å². The standard InChI is InChI=1S/C21H19N3OS/c1-3-6-18-14(4-2)11-16(13-23-18)21(25)24-19-12-15(8-9-17(19)22)20-7-5-10-26-20/h3-13H,2,22H2,1H3,(H,24,25)/b6-3-. The number of anilines is 2. The molecular weight excluding hydrogens is 342 g/mol. The quantitative estimate of drug-likeness (QED) is 0.604. The predicted octanol–water partition coefficient (Wildman–Crippen LogP) is 5.32. The van der Waals surface area contributed by atoms with Gasteiger partial charge in [0.2, 0.25) is 0 Å². The van der Waals surface area contributed by atoms with Crippen LogP contribution in [0.2, 0.25) is 0 Å². The number of thiophene rings is 1. The molecule has 5 heteroatoms. The molecule has 0 fully saturated rings. The number of nitrogens with zero attached hydrogens (tertiary/aromatic N) is 1. The SMILES string of the molecule is C=Cc1cc(C(=O)Nc2cc(-c3cccs3)ccc2N)cnc1/C=C\C. The molecule has 4 nitrogen and oxygen atoms in total. The van der Waals surface area contributed by atoms with Crippen molar-refractivity contribution in [1.29, 1.82) is 0 Å². The third-order valence-electron chi connectivity index (χ3n) is 3.86. The summed E-state index contributed by atoms with van der Waals surface area (Å²) in [5, 5.41) is 4.89. The lowest BCUT2D eigenvalue weighted by atomic mass is 10.1. The maximum absolute atomic E-state index is 12.6. The van der Waals surface area contributed by atoms with E-state index in [-0.39, 0.29) is 5.91 Å². The Labute approximate surface area is 156 Å². The van der Waals surface area contributed by atoms with Crippen LogP contribution in [0.4, 0.5) is 11.4 Å². The third-order valence-corrected chi connectivity index (χ3v) is 4.78. The molecule has 3 aromatic rings. The number of hydrogen-bond acceptors (Lipinski definition) is 4. The molecule has 3 N–H and O–H groups in total. The van der Waals surface area contributed by atoms with Gasteiger partial charge in [-0.15, -0.1) is 11.3 Å². The Kier molecular flexibility index (Phi) is 5.29. The molecular formula is C21H19N3OS. The second-order valence-electron chi connectivity index (χ2n) is 5.64. The van der Waals surface area contributed by atoms with Crippen LogP contribution < -0.4 is 11.1 Å². The molecule has 0 aliphatic carbocycles. The van der Waals surface area contributed by atoms with E-state index < -0.39 is 0 Å². The molecule has 0 bridgehead atoms. The Morgan fingerprint density at radius 3 is 2.85 bits per heavy atom. The van der Waals surface area contributed by atoms with Crippen molar-refractivity contribution < 1.29 is 4.79 Å². The van der Waals surface area contributed by atoms with Gasteiger partial charge in [0.15, 0.2) is 0 Å². The fourth-order valence-corrected chi connectivity index (χ4v) is 3.26. The van der Waals surface area contributed by atoms with Crippen molar-refractivity contribution in [3.8, 4) is 10.4 Å². The van der Waals surface area contributed by atoms with Gasteiger partial charge in [0.05, 0.1) is 22.6 Å². The molecule has 0 saturated heterocycles. The summed E-state index contributed by atoms with van der Waals surface area (Å²) in [4.78, 5) is 18.1. The Morgan fingerprint density at radius 2 is 2.15 bits per heavy atom. The molecule has 0 aliphatic rings. The minimum absolute atomic E-state index is 0.261. The Bertz CT molecular complexity index is 975. The molecule has 1 amide bonds. The highest BCUT2D eigenvalue weighted by Gasteiger charge is 2.12. The fourth-order valence-electron chi connectivity index (χ4n) is 2.53. The van der Waals surface area contributed by atoms with E-state index in [1.807, 2.05) is 48.7 Å². The summed E-state index contributed by atoms with van der Waals surface area (Å²) in [6.45, 7) is 5.70. The van der Waals surface area contributed by atoms with Crippen molar-refractivity contribution >= 4 is 40.8 Å². The van der Waals surface area contributed by atoms with E-state index in [1.54, 1.807) is 35.7 Å². The zero-order chi connectivity index (χ0) is 18.5. The highest BCUT2D eigenvalue weighted by Crippen LogP contribution is 2.30. The number of carbonyl (C=O) groups is 1. The second-order valence-corrected chi connectivity index (χ2v) is 6.58. The first-order valence-electron chi connectivity index (χ1n) is 8.12. The molecule has 3 rings (SSSR count). The lowest BCUT2D eigenvalue weighted by Gasteiger charge is -2.11. The molecule has 1 aromatic carbocycles. The fraction of sp³-hybridized carbons (Fsp3) is 0.0476. The van der Waals surface area contributed by atoms with Gasteiger partial charge in [-0.1, -0.05) is 30.9 Å². The van der Waals surface area contributed by atoms with Crippen molar-refractivity contribution in [3.05, 3.63) is 77.5 Å². The van der Waals surface area contributed by atoms with Gasteiger partial charge in [0.25, 0.3) is 5.91 Å². The Hall–Kier alpha value is -3.18. The first-order valence-corrected chi connectivity index (χ1v) is 9.00. The molecule has 0 saturated carbocycles. The zero-order valence-corrected chi connectivity index (χ0v) is 15.2. The number of hydrogen-bond donors (Lipinski definition) is 2. The average molecular weight is 361 g/mol. The van der Waals surface area contributed by atoms with Crippen LogP contribution in [0.5, 0.6) is 0 Å². The largest absolute Gasteiger partial charge is 0.397 e. The normalized spacial score (nSPS) is 10.8. The van der Waals surface area contributed by atoms with E-state index in [4.69, 9.17) is 5.73 Å². The van der Waals surface area contributed by atoms with Crippen molar-refractivity contribution in [3.63, 3.8) is 0 Å². The minimum Gasteiger partial charge on any atom is -0.397 e. The number of pyridine rings is 1. The summed E-state index contributed by atoms with van der Waals surface area (Å²) in [6.07, 6.45) is 7.01. The van der Waals surface area contributed by atoms with E-state index in [0.29, 0.717) is 16.9 Å². The highest BCUT2D eigenvalue weighted by molar-refractivity contribution is 7.13. The van der Waals surface area contributed by atoms with Crippen LogP contribution in [-0.4, -0.2) is 10.9 Å². The van der Waals surface area contributed by atoms with Crippen molar-refractivity contribution in [2.45, 2.75) is 6.92 Å². The van der Waals surface area contributed by atoms with Crippen LogP contribution in [0.15, 0.2) is 60.6 Å². The minimum atomic E-state index is -0.261. The van der Waals surface area contributed by atoms with Crippen molar-refractivity contribution in [1.82, 2.24) is 4.98 Å². The maximum atomic E-state index is 12.6. The second kappa shape index (κ2) is 7.80. The molecule has 0 atom stereocenters. The number of allylic oxidation sites excluding steroid dienone is 1. The van der Waals surface area contributed by atoms with Gasteiger partial charge in [0, 0.05) is 16.6 Å². The molecule has 130 valence electrons.